The van der Waals surface area contributed by atoms with Crippen LogP contribution in [-0.2, 0) is 0 Å². The molecule has 0 aliphatic rings. The minimum atomic E-state index is -1.08. The van der Waals surface area contributed by atoms with Gasteiger partial charge in [0.25, 0.3) is 5.91 Å². The van der Waals surface area contributed by atoms with Gasteiger partial charge in [0, 0.05) is 5.38 Å². The normalized spacial score (nSPS) is 12.1. The van der Waals surface area contributed by atoms with Gasteiger partial charge in [-0.2, -0.15) is 0 Å². The van der Waals surface area contributed by atoms with Crippen molar-refractivity contribution in [2.24, 2.45) is 0 Å². The molecule has 1 unspecified atom stereocenters. The molecule has 0 saturated carbocycles. The van der Waals surface area contributed by atoms with Gasteiger partial charge in [0.1, 0.15) is 17.0 Å². The van der Waals surface area contributed by atoms with E-state index in [4.69, 9.17) is 9.52 Å². The molecule has 2 aromatic rings. The summed E-state index contributed by atoms with van der Waals surface area (Å²) >= 11 is 1.20. The summed E-state index contributed by atoms with van der Waals surface area (Å²) in [6.07, 6.45) is 1.38. The molecule has 1 amide bonds. The number of amides is 1. The molecule has 2 N–H and O–H groups in total. The number of carbonyl (C=O) groups is 2. The Kier molecular flexibility index (Phi) is 3.66. The van der Waals surface area contributed by atoms with Crippen LogP contribution in [0.4, 0.5) is 0 Å². The van der Waals surface area contributed by atoms with E-state index in [0.29, 0.717) is 16.3 Å². The number of carbonyl (C=O) groups excluding carboxylic acids is 1. The van der Waals surface area contributed by atoms with Crippen molar-refractivity contribution in [2.75, 3.05) is 0 Å². The molecule has 0 spiro atoms. The Labute approximate surface area is 113 Å². The predicted molar refractivity (Wildman–Crippen MR) is 68.4 cm³/mol. The lowest BCUT2D eigenvalue weighted by atomic mass is 10.2. The summed E-state index contributed by atoms with van der Waals surface area (Å²) in [7, 11) is 0. The summed E-state index contributed by atoms with van der Waals surface area (Å²) in [5.74, 6) is -0.705. The van der Waals surface area contributed by atoms with Gasteiger partial charge < -0.3 is 14.8 Å². The highest BCUT2D eigenvalue weighted by atomic mass is 32.1. The molecule has 0 aliphatic carbocycles. The molecule has 0 aliphatic heterocycles. The number of aromatic carboxylic acids is 1. The maximum atomic E-state index is 11.9. The van der Waals surface area contributed by atoms with E-state index in [2.05, 4.69) is 10.3 Å². The Morgan fingerprint density at radius 2 is 2.26 bits per heavy atom. The minimum Gasteiger partial charge on any atom is -0.476 e. The van der Waals surface area contributed by atoms with Crippen LogP contribution in [0.1, 0.15) is 44.6 Å². The molecule has 0 radical (unpaired) electrons. The highest BCUT2D eigenvalue weighted by Gasteiger charge is 2.17. The van der Waals surface area contributed by atoms with Gasteiger partial charge in [0.15, 0.2) is 5.69 Å². The molecule has 1 atom stereocenters. The molecular weight excluding hydrogens is 268 g/mol. The second-order valence-corrected chi connectivity index (χ2v) is 4.91. The summed E-state index contributed by atoms with van der Waals surface area (Å²) in [5.41, 5.74) is 0.416. The van der Waals surface area contributed by atoms with Gasteiger partial charge >= 0.3 is 5.97 Å². The number of carboxylic acids is 1. The van der Waals surface area contributed by atoms with Crippen molar-refractivity contribution < 1.29 is 19.1 Å². The van der Waals surface area contributed by atoms with E-state index in [1.54, 1.807) is 19.9 Å². The quantitative estimate of drug-likeness (QED) is 0.896. The largest absolute Gasteiger partial charge is 0.476 e. The highest BCUT2D eigenvalue weighted by molar-refractivity contribution is 7.09. The summed E-state index contributed by atoms with van der Waals surface area (Å²) < 4.78 is 5.06. The second-order valence-electron chi connectivity index (χ2n) is 4.02. The molecule has 19 heavy (non-hydrogen) atoms. The molecule has 0 saturated heterocycles. The molecule has 0 fully saturated rings. The Morgan fingerprint density at radius 3 is 2.79 bits per heavy atom. The van der Waals surface area contributed by atoms with Gasteiger partial charge in [-0.25, -0.2) is 9.78 Å². The first-order valence-electron chi connectivity index (χ1n) is 5.52. The van der Waals surface area contributed by atoms with Crippen LogP contribution < -0.4 is 5.32 Å². The third-order valence-corrected chi connectivity index (χ3v) is 3.48. The fourth-order valence-electron chi connectivity index (χ4n) is 1.49. The maximum absolute atomic E-state index is 11.9. The monoisotopic (exact) mass is 280 g/mol. The fraction of sp³-hybridized carbons (Fsp3) is 0.250. The number of carboxylic acid groups (broad SMARTS) is 1. The van der Waals surface area contributed by atoms with E-state index >= 15 is 0 Å². The highest BCUT2D eigenvalue weighted by Crippen LogP contribution is 2.18. The van der Waals surface area contributed by atoms with E-state index in [9.17, 15) is 9.59 Å². The summed E-state index contributed by atoms with van der Waals surface area (Å²) in [4.78, 5) is 26.5. The van der Waals surface area contributed by atoms with Crippen LogP contribution in [-0.4, -0.2) is 22.0 Å². The lowest BCUT2D eigenvalue weighted by molar-refractivity contribution is 0.0691. The van der Waals surface area contributed by atoms with E-state index in [-0.39, 0.29) is 17.6 Å². The first-order valence-corrected chi connectivity index (χ1v) is 6.40. The first-order chi connectivity index (χ1) is 8.97. The number of thiazole rings is 1. The lowest BCUT2D eigenvalue weighted by Crippen LogP contribution is -2.26. The molecule has 100 valence electrons. The third-order valence-electron chi connectivity index (χ3n) is 2.45. The molecule has 2 rings (SSSR count). The average Bonchev–Trinajstić information content (AvgIpc) is 2.96. The number of aryl methyl sites for hydroxylation is 1. The van der Waals surface area contributed by atoms with Crippen molar-refractivity contribution >= 4 is 23.2 Å². The molecule has 2 aromatic heterocycles. The van der Waals surface area contributed by atoms with Crippen LogP contribution >= 0.6 is 11.3 Å². The van der Waals surface area contributed by atoms with E-state index in [0.717, 1.165) is 0 Å². The number of nitrogens with zero attached hydrogens (tertiary/aromatic N) is 1. The van der Waals surface area contributed by atoms with Gasteiger partial charge in [-0.1, -0.05) is 0 Å². The number of hydrogen-bond acceptors (Lipinski definition) is 5. The zero-order valence-electron chi connectivity index (χ0n) is 10.3. The molecule has 6 nitrogen and oxygen atoms in total. The van der Waals surface area contributed by atoms with Gasteiger partial charge in [-0.15, -0.1) is 11.3 Å². The van der Waals surface area contributed by atoms with Crippen LogP contribution in [0.2, 0.25) is 0 Å². The van der Waals surface area contributed by atoms with Crippen molar-refractivity contribution in [1.82, 2.24) is 10.3 Å². The van der Waals surface area contributed by atoms with Crippen molar-refractivity contribution in [2.45, 2.75) is 19.9 Å². The van der Waals surface area contributed by atoms with Crippen LogP contribution in [0.15, 0.2) is 22.1 Å². The molecule has 7 heteroatoms. The Morgan fingerprint density at radius 1 is 1.53 bits per heavy atom. The van der Waals surface area contributed by atoms with Crippen molar-refractivity contribution in [3.05, 3.63) is 39.7 Å². The number of hydrogen-bond donors (Lipinski definition) is 2. The number of aromatic nitrogens is 1. The predicted octanol–water partition coefficient (Wildman–Crippen LogP) is 2.23. The van der Waals surface area contributed by atoms with E-state index < -0.39 is 5.97 Å². The van der Waals surface area contributed by atoms with Gasteiger partial charge in [-0.05, 0) is 19.9 Å². The molecule has 0 aromatic carbocycles. The van der Waals surface area contributed by atoms with E-state index in [1.165, 1.54) is 23.0 Å². The van der Waals surface area contributed by atoms with Gasteiger partial charge in [-0.3, -0.25) is 4.79 Å². The van der Waals surface area contributed by atoms with Crippen LogP contribution in [0.3, 0.4) is 0 Å². The minimum absolute atomic E-state index is 0.0137. The molecule has 0 bridgehead atoms. The fourth-order valence-corrected chi connectivity index (χ4v) is 2.29. The van der Waals surface area contributed by atoms with E-state index in [1.807, 2.05) is 0 Å². The number of furan rings is 1. The average molecular weight is 280 g/mol. The van der Waals surface area contributed by atoms with Crippen LogP contribution in [0, 0.1) is 6.92 Å². The SMILES string of the molecule is Cc1cc(C(=O)NC(C)c2nc(C(=O)O)cs2)co1. The zero-order chi connectivity index (χ0) is 14.0. The first kappa shape index (κ1) is 13.3. The summed E-state index contributed by atoms with van der Waals surface area (Å²) in [6, 6.07) is 1.27. The number of nitrogens with one attached hydrogen (secondary N) is 1. The van der Waals surface area contributed by atoms with Gasteiger partial charge in [0.05, 0.1) is 11.6 Å². The van der Waals surface area contributed by atoms with Crippen molar-refractivity contribution in [3.8, 4) is 0 Å². The van der Waals surface area contributed by atoms with Crippen LogP contribution in [0.5, 0.6) is 0 Å². The molecular formula is C12H12N2O4S. The summed E-state index contributed by atoms with van der Waals surface area (Å²) in [5, 5.41) is 13.5. The lowest BCUT2D eigenvalue weighted by Gasteiger charge is -2.09. The Bertz CT molecular complexity index is 617. The zero-order valence-corrected chi connectivity index (χ0v) is 11.2. The standard InChI is InChI=1S/C12H12N2O4S/c1-6-3-8(4-18-6)10(15)13-7(2)11-14-9(5-19-11)12(16)17/h3-5,7H,1-2H3,(H,13,15)(H,16,17). The second kappa shape index (κ2) is 5.23. The third kappa shape index (κ3) is 3.00. The Balaban J connectivity index is 2.05. The summed E-state index contributed by atoms with van der Waals surface area (Å²) in [6.45, 7) is 3.50. The van der Waals surface area contributed by atoms with Crippen LogP contribution in [0.25, 0.3) is 0 Å². The smallest absolute Gasteiger partial charge is 0.355 e. The van der Waals surface area contributed by atoms with Crippen molar-refractivity contribution in [1.29, 1.82) is 0 Å². The number of rotatable bonds is 4. The maximum Gasteiger partial charge on any atom is 0.355 e. The Hall–Kier alpha value is -2.15. The molecule has 2 heterocycles. The van der Waals surface area contributed by atoms with Gasteiger partial charge in [0.2, 0.25) is 0 Å². The topological polar surface area (TPSA) is 92.4 Å². The van der Waals surface area contributed by atoms with Crippen molar-refractivity contribution in [3.63, 3.8) is 0 Å².